The highest BCUT2D eigenvalue weighted by Gasteiger charge is 2.61. The smallest absolute Gasteiger partial charge is 0.374 e. The molecule has 0 radical (unpaired) electrons. The first-order valence-corrected chi connectivity index (χ1v) is 14.3. The van der Waals surface area contributed by atoms with Gasteiger partial charge in [0.25, 0.3) is 0 Å². The molecule has 4 fully saturated rings. The van der Waals surface area contributed by atoms with Gasteiger partial charge in [-0.05, 0) is 87.1 Å². The molecule has 2 saturated heterocycles. The molecular formula is C24H46N2O2Si. The van der Waals surface area contributed by atoms with E-state index in [0.29, 0.717) is 12.1 Å². The number of hydrogen-bond acceptors (Lipinski definition) is 4. The van der Waals surface area contributed by atoms with Crippen LogP contribution in [0.1, 0.15) is 79.1 Å². The van der Waals surface area contributed by atoms with Gasteiger partial charge >= 0.3 is 8.88 Å². The Labute approximate surface area is 181 Å². The SMILES string of the molecule is CO[Si](OC)(N1CCCC2CCC(C)C(C)C21)N1CCCC2CCC(C)C(C)C21. The van der Waals surface area contributed by atoms with Gasteiger partial charge in [0.05, 0.1) is 0 Å². The van der Waals surface area contributed by atoms with Crippen LogP contribution in [0.5, 0.6) is 0 Å². The third kappa shape index (κ3) is 3.67. The average Bonchev–Trinajstić information content (AvgIpc) is 2.75. The van der Waals surface area contributed by atoms with E-state index in [-0.39, 0.29) is 0 Å². The van der Waals surface area contributed by atoms with E-state index in [1.807, 2.05) is 14.2 Å². The normalized spacial score (nSPS) is 44.9. The van der Waals surface area contributed by atoms with Crippen molar-refractivity contribution in [1.29, 1.82) is 0 Å². The molecule has 0 N–H and O–H groups in total. The third-order valence-corrected chi connectivity index (χ3v) is 13.3. The summed E-state index contributed by atoms with van der Waals surface area (Å²) in [6.45, 7) is 12.3. The lowest BCUT2D eigenvalue weighted by molar-refractivity contribution is -0.0463. The number of rotatable bonds is 4. The molecule has 2 aliphatic carbocycles. The predicted octanol–water partition coefficient (Wildman–Crippen LogP) is 5.01. The summed E-state index contributed by atoms with van der Waals surface area (Å²) in [7, 11) is 1.28. The van der Waals surface area contributed by atoms with Crippen molar-refractivity contribution >= 4 is 8.88 Å². The van der Waals surface area contributed by atoms with Crippen molar-refractivity contribution in [2.75, 3.05) is 27.3 Å². The third-order valence-electron chi connectivity index (χ3n) is 9.75. The fourth-order valence-electron chi connectivity index (χ4n) is 7.78. The molecule has 0 aromatic heterocycles. The number of fused-ring (bicyclic) bond motifs is 2. The summed E-state index contributed by atoms with van der Waals surface area (Å²) in [4.78, 5) is 0. The van der Waals surface area contributed by atoms with Gasteiger partial charge in [-0.25, -0.2) is 0 Å². The number of nitrogens with zero attached hydrogens (tertiary/aromatic N) is 2. The zero-order valence-electron chi connectivity index (χ0n) is 19.9. The molecule has 8 unspecified atom stereocenters. The van der Waals surface area contributed by atoms with E-state index in [1.54, 1.807) is 0 Å². The monoisotopic (exact) mass is 422 g/mol. The molecule has 2 saturated carbocycles. The summed E-state index contributed by atoms with van der Waals surface area (Å²) in [5, 5.41) is 0. The molecule has 29 heavy (non-hydrogen) atoms. The molecule has 0 bridgehead atoms. The van der Waals surface area contributed by atoms with Crippen molar-refractivity contribution in [2.45, 2.75) is 91.1 Å². The Morgan fingerprint density at radius 2 is 1.03 bits per heavy atom. The Balaban J connectivity index is 1.70. The average molecular weight is 423 g/mol. The van der Waals surface area contributed by atoms with E-state index in [0.717, 1.165) is 48.6 Å². The van der Waals surface area contributed by atoms with E-state index in [2.05, 4.69) is 36.8 Å². The molecule has 4 rings (SSSR count). The van der Waals surface area contributed by atoms with E-state index >= 15 is 0 Å². The van der Waals surface area contributed by atoms with E-state index in [4.69, 9.17) is 8.85 Å². The number of piperidine rings is 2. The van der Waals surface area contributed by atoms with Gasteiger partial charge < -0.3 is 8.85 Å². The summed E-state index contributed by atoms with van der Waals surface area (Å²) in [5.74, 6) is 4.73. The minimum absolute atomic E-state index is 0.635. The predicted molar refractivity (Wildman–Crippen MR) is 121 cm³/mol. The minimum atomic E-state index is -2.63. The van der Waals surface area contributed by atoms with Gasteiger partial charge in [-0.15, -0.1) is 0 Å². The quantitative estimate of drug-likeness (QED) is 0.595. The standard InChI is InChI=1S/C24H46N2O2Si/c1-17-11-13-21-9-7-15-25(23(21)19(17)3)29(27-5,28-6)26-16-8-10-22-14-12-18(2)20(4)24(22)26/h17-24H,7-16H2,1-6H3. The zero-order chi connectivity index (χ0) is 20.8. The molecular weight excluding hydrogens is 376 g/mol. The van der Waals surface area contributed by atoms with Gasteiger partial charge in [0.2, 0.25) is 0 Å². The first kappa shape index (κ1) is 22.3. The maximum atomic E-state index is 6.60. The summed E-state index contributed by atoms with van der Waals surface area (Å²) >= 11 is 0. The van der Waals surface area contributed by atoms with Crippen LogP contribution < -0.4 is 0 Å². The van der Waals surface area contributed by atoms with Gasteiger partial charge in [0.1, 0.15) is 0 Å². The van der Waals surface area contributed by atoms with Crippen LogP contribution in [-0.2, 0) is 8.85 Å². The lowest BCUT2D eigenvalue weighted by Crippen LogP contribution is -2.78. The second kappa shape index (κ2) is 8.89. The molecule has 8 atom stereocenters. The van der Waals surface area contributed by atoms with Crippen LogP contribution in [0, 0.1) is 35.5 Å². The first-order valence-electron chi connectivity index (χ1n) is 12.6. The minimum Gasteiger partial charge on any atom is -0.374 e. The fourth-order valence-corrected chi connectivity index (χ4v) is 11.7. The van der Waals surface area contributed by atoms with Crippen molar-refractivity contribution < 1.29 is 8.85 Å². The Morgan fingerprint density at radius 1 is 0.621 bits per heavy atom. The lowest BCUT2D eigenvalue weighted by Gasteiger charge is -2.60. The summed E-state index contributed by atoms with van der Waals surface area (Å²) in [6.07, 6.45) is 11.0. The van der Waals surface area contributed by atoms with Crippen molar-refractivity contribution in [3.05, 3.63) is 0 Å². The van der Waals surface area contributed by atoms with Gasteiger partial charge in [-0.1, -0.05) is 40.5 Å². The summed E-state index contributed by atoms with van der Waals surface area (Å²) < 4.78 is 18.8. The molecule has 4 nitrogen and oxygen atoms in total. The van der Waals surface area contributed by atoms with Crippen molar-refractivity contribution in [3.8, 4) is 0 Å². The largest absolute Gasteiger partial charge is 0.522 e. The van der Waals surface area contributed by atoms with Crippen molar-refractivity contribution in [1.82, 2.24) is 9.13 Å². The van der Waals surface area contributed by atoms with Gasteiger partial charge in [0.15, 0.2) is 0 Å². The Hall–Kier alpha value is 0.0569. The second-order valence-corrected chi connectivity index (χ2v) is 14.0. The van der Waals surface area contributed by atoms with E-state index in [9.17, 15) is 0 Å². The van der Waals surface area contributed by atoms with Crippen LogP contribution in [0.25, 0.3) is 0 Å². The van der Waals surface area contributed by atoms with Crippen molar-refractivity contribution in [3.63, 3.8) is 0 Å². The number of hydrogen-bond donors (Lipinski definition) is 0. The lowest BCUT2D eigenvalue weighted by atomic mass is 9.69. The van der Waals surface area contributed by atoms with Gasteiger partial charge in [-0.3, -0.25) is 9.13 Å². The highest BCUT2D eigenvalue weighted by atomic mass is 28.4. The van der Waals surface area contributed by atoms with Crippen LogP contribution in [0.3, 0.4) is 0 Å². The molecule has 0 spiro atoms. The highest BCUT2D eigenvalue weighted by Crippen LogP contribution is 2.47. The van der Waals surface area contributed by atoms with Crippen LogP contribution in [-0.4, -0.2) is 57.4 Å². The molecule has 0 aromatic rings. The molecule has 2 heterocycles. The summed E-state index contributed by atoms with van der Waals surface area (Å²) in [6, 6.07) is 1.27. The Kier molecular flexibility index (Phi) is 6.83. The van der Waals surface area contributed by atoms with Crippen LogP contribution in [0.15, 0.2) is 0 Å². The molecule has 0 aromatic carbocycles. The second-order valence-electron chi connectivity index (χ2n) is 11.0. The summed E-state index contributed by atoms with van der Waals surface area (Å²) in [5.41, 5.74) is 0. The zero-order valence-corrected chi connectivity index (χ0v) is 20.9. The van der Waals surface area contributed by atoms with Crippen LogP contribution in [0.4, 0.5) is 0 Å². The first-order chi connectivity index (χ1) is 13.9. The Morgan fingerprint density at radius 3 is 1.41 bits per heavy atom. The Bertz CT molecular complexity index is 509. The van der Waals surface area contributed by atoms with Crippen LogP contribution in [0.2, 0.25) is 0 Å². The molecule has 168 valence electrons. The van der Waals surface area contributed by atoms with E-state index in [1.165, 1.54) is 51.4 Å². The molecule has 2 aliphatic heterocycles. The van der Waals surface area contributed by atoms with Crippen molar-refractivity contribution in [2.24, 2.45) is 35.5 Å². The fraction of sp³-hybridized carbons (Fsp3) is 1.00. The molecule has 5 heteroatoms. The maximum Gasteiger partial charge on any atom is 0.522 e. The molecule has 0 amide bonds. The van der Waals surface area contributed by atoms with Gasteiger partial charge in [-0.2, -0.15) is 0 Å². The maximum absolute atomic E-state index is 6.60. The topological polar surface area (TPSA) is 24.9 Å². The van der Waals surface area contributed by atoms with E-state index < -0.39 is 8.88 Å². The molecule has 4 aliphatic rings. The highest BCUT2D eigenvalue weighted by molar-refractivity contribution is 6.61. The van der Waals surface area contributed by atoms with Crippen LogP contribution >= 0.6 is 0 Å². The van der Waals surface area contributed by atoms with Gasteiger partial charge in [0, 0.05) is 26.3 Å².